The Morgan fingerprint density at radius 1 is 0.609 bits per heavy atom. The van der Waals surface area contributed by atoms with Crippen LogP contribution in [0.4, 0.5) is 0 Å². The Morgan fingerprint density at radius 3 is 1.46 bits per heavy atom. The third kappa shape index (κ3) is 5.60. The van der Waals surface area contributed by atoms with Crippen molar-refractivity contribution in [2.75, 3.05) is 45.8 Å². The first kappa shape index (κ1) is 30.3. The monoisotopic (exact) mass is 616 g/mol. The SMILES string of the molecule is CC(C)N(CCCN(CCN1C(=O)c2cccc3cccc(c23)C1=O)CC1CC1)CCN1C(=O)c2cccc3cccc(c23)C1=O. The third-order valence-electron chi connectivity index (χ3n) is 9.83. The van der Waals surface area contributed by atoms with Gasteiger partial charge in [0.05, 0.1) is 0 Å². The summed E-state index contributed by atoms with van der Waals surface area (Å²) in [7, 11) is 0. The van der Waals surface area contributed by atoms with Gasteiger partial charge >= 0.3 is 0 Å². The number of hydrogen-bond donors (Lipinski definition) is 0. The molecule has 8 nitrogen and oxygen atoms in total. The topological polar surface area (TPSA) is 81.2 Å². The Hall–Kier alpha value is -4.40. The minimum Gasteiger partial charge on any atom is -0.301 e. The number of rotatable bonds is 13. The Morgan fingerprint density at radius 2 is 1.04 bits per heavy atom. The lowest BCUT2D eigenvalue weighted by Gasteiger charge is -2.33. The van der Waals surface area contributed by atoms with Crippen LogP contribution in [0.3, 0.4) is 0 Å². The highest BCUT2D eigenvalue weighted by Gasteiger charge is 2.34. The number of hydrogen-bond acceptors (Lipinski definition) is 6. The summed E-state index contributed by atoms with van der Waals surface area (Å²) < 4.78 is 0. The highest BCUT2D eigenvalue weighted by molar-refractivity contribution is 6.26. The van der Waals surface area contributed by atoms with Crippen LogP contribution >= 0.6 is 0 Å². The van der Waals surface area contributed by atoms with Crippen molar-refractivity contribution < 1.29 is 19.2 Å². The lowest BCUT2D eigenvalue weighted by Crippen LogP contribution is -2.47. The van der Waals surface area contributed by atoms with Gasteiger partial charge in [0.15, 0.2) is 0 Å². The van der Waals surface area contributed by atoms with Crippen molar-refractivity contribution in [1.29, 1.82) is 0 Å². The van der Waals surface area contributed by atoms with Gasteiger partial charge in [-0.2, -0.15) is 0 Å². The van der Waals surface area contributed by atoms with Crippen LogP contribution in [0.5, 0.6) is 0 Å². The van der Waals surface area contributed by atoms with E-state index in [0.29, 0.717) is 54.4 Å². The van der Waals surface area contributed by atoms with Gasteiger partial charge in [-0.25, -0.2) is 0 Å². The molecule has 0 aromatic heterocycles. The molecule has 1 fully saturated rings. The molecular formula is C38H40N4O4. The molecule has 0 N–H and O–H groups in total. The van der Waals surface area contributed by atoms with Gasteiger partial charge in [0.2, 0.25) is 0 Å². The number of carbonyl (C=O) groups is 4. The Balaban J connectivity index is 0.972. The Kier molecular flexibility index (Phi) is 8.17. The third-order valence-corrected chi connectivity index (χ3v) is 9.83. The maximum absolute atomic E-state index is 13.4. The Bertz CT molecular complexity index is 1760. The first-order valence-electron chi connectivity index (χ1n) is 16.5. The molecule has 46 heavy (non-hydrogen) atoms. The Labute approximate surface area is 269 Å². The van der Waals surface area contributed by atoms with Gasteiger partial charge in [0.25, 0.3) is 23.6 Å². The van der Waals surface area contributed by atoms with E-state index in [1.807, 2.05) is 72.8 Å². The highest BCUT2D eigenvalue weighted by atomic mass is 16.2. The lowest BCUT2D eigenvalue weighted by atomic mass is 9.94. The van der Waals surface area contributed by atoms with Gasteiger partial charge in [-0.15, -0.1) is 0 Å². The molecule has 4 aromatic carbocycles. The molecule has 0 atom stereocenters. The average molecular weight is 617 g/mol. The molecular weight excluding hydrogens is 576 g/mol. The maximum atomic E-state index is 13.4. The van der Waals surface area contributed by atoms with Gasteiger partial charge in [-0.1, -0.05) is 48.5 Å². The van der Waals surface area contributed by atoms with Crippen molar-refractivity contribution in [2.45, 2.75) is 39.2 Å². The van der Waals surface area contributed by atoms with E-state index in [4.69, 9.17) is 0 Å². The molecule has 0 bridgehead atoms. The van der Waals surface area contributed by atoms with E-state index in [2.05, 4.69) is 23.6 Å². The second-order valence-corrected chi connectivity index (χ2v) is 13.2. The van der Waals surface area contributed by atoms with Crippen LogP contribution in [-0.2, 0) is 0 Å². The van der Waals surface area contributed by atoms with Gasteiger partial charge in [0.1, 0.15) is 0 Å². The zero-order valence-electron chi connectivity index (χ0n) is 26.6. The molecule has 1 aliphatic carbocycles. The summed E-state index contributed by atoms with van der Waals surface area (Å²) in [6.45, 7) is 8.83. The number of carbonyl (C=O) groups excluding carboxylic acids is 4. The zero-order chi connectivity index (χ0) is 31.9. The molecule has 2 aliphatic heterocycles. The van der Waals surface area contributed by atoms with Gasteiger partial charge < -0.3 is 4.90 Å². The van der Waals surface area contributed by atoms with Crippen LogP contribution in [0.1, 0.15) is 74.5 Å². The maximum Gasteiger partial charge on any atom is 0.261 e. The van der Waals surface area contributed by atoms with E-state index in [0.717, 1.165) is 47.6 Å². The minimum atomic E-state index is -0.228. The predicted octanol–water partition coefficient (Wildman–Crippen LogP) is 5.70. The zero-order valence-corrected chi connectivity index (χ0v) is 26.6. The minimum absolute atomic E-state index is 0.215. The summed E-state index contributed by atoms with van der Waals surface area (Å²) >= 11 is 0. The van der Waals surface area contributed by atoms with E-state index in [9.17, 15) is 19.2 Å². The van der Waals surface area contributed by atoms with E-state index in [1.54, 1.807) is 0 Å². The van der Waals surface area contributed by atoms with Crippen LogP contribution in [0, 0.1) is 5.92 Å². The molecule has 0 radical (unpaired) electrons. The summed E-state index contributed by atoms with van der Waals surface area (Å²) in [5, 5.41) is 3.33. The summed E-state index contributed by atoms with van der Waals surface area (Å²) in [6, 6.07) is 22.8. The van der Waals surface area contributed by atoms with Crippen molar-refractivity contribution in [2.24, 2.45) is 5.92 Å². The second kappa shape index (κ2) is 12.4. The van der Waals surface area contributed by atoms with E-state index in [1.165, 1.54) is 22.6 Å². The van der Waals surface area contributed by atoms with Crippen molar-refractivity contribution in [3.8, 4) is 0 Å². The smallest absolute Gasteiger partial charge is 0.261 e. The predicted molar refractivity (Wildman–Crippen MR) is 179 cm³/mol. The lowest BCUT2D eigenvalue weighted by molar-refractivity contribution is 0.0578. The fraction of sp³-hybridized carbons (Fsp3) is 0.368. The summed E-state index contributed by atoms with van der Waals surface area (Å²) in [4.78, 5) is 61.2. The summed E-state index contributed by atoms with van der Waals surface area (Å²) in [5.74, 6) is -0.213. The molecule has 1 saturated carbocycles. The van der Waals surface area contributed by atoms with E-state index < -0.39 is 0 Å². The number of imide groups is 2. The molecule has 236 valence electrons. The molecule has 4 amide bonds. The molecule has 4 aromatic rings. The summed E-state index contributed by atoms with van der Waals surface area (Å²) in [5.41, 5.74) is 2.37. The van der Waals surface area contributed by atoms with E-state index in [-0.39, 0.29) is 29.7 Å². The quantitative estimate of drug-likeness (QED) is 0.179. The number of benzene rings is 4. The van der Waals surface area contributed by atoms with Crippen LogP contribution in [-0.4, -0.2) is 95.1 Å². The standard InChI is InChI=1S/C38H40N4O4/c1-25(2)40(21-23-42-37(45)31-14-5-10-28-11-6-15-32(34(28)31)38(42)46)19-7-18-39(24-26-16-17-26)20-22-41-35(43)29-12-3-8-27-9-4-13-30(33(27)29)36(41)44/h3-6,8-15,25-26H,7,16-24H2,1-2H3. The summed E-state index contributed by atoms with van der Waals surface area (Å²) in [6.07, 6.45) is 3.35. The normalized spacial score (nSPS) is 16.3. The molecule has 3 aliphatic rings. The van der Waals surface area contributed by atoms with Crippen LogP contribution in [0.2, 0.25) is 0 Å². The van der Waals surface area contributed by atoms with E-state index >= 15 is 0 Å². The fourth-order valence-corrected chi connectivity index (χ4v) is 7.12. The average Bonchev–Trinajstić information content (AvgIpc) is 3.88. The first-order chi connectivity index (χ1) is 22.3. The van der Waals surface area contributed by atoms with Crippen LogP contribution in [0.15, 0.2) is 72.8 Å². The number of nitrogens with zero attached hydrogens (tertiary/aromatic N) is 4. The second-order valence-electron chi connectivity index (χ2n) is 13.2. The van der Waals surface area contributed by atoms with Gasteiger partial charge in [0, 0.05) is 71.8 Å². The van der Waals surface area contributed by atoms with Crippen LogP contribution in [0.25, 0.3) is 21.5 Å². The first-order valence-corrected chi connectivity index (χ1v) is 16.5. The molecule has 0 unspecified atom stereocenters. The van der Waals surface area contributed by atoms with Crippen molar-refractivity contribution in [3.63, 3.8) is 0 Å². The molecule has 0 saturated heterocycles. The highest BCUT2D eigenvalue weighted by Crippen LogP contribution is 2.32. The fourth-order valence-electron chi connectivity index (χ4n) is 7.12. The van der Waals surface area contributed by atoms with Crippen molar-refractivity contribution in [1.82, 2.24) is 19.6 Å². The van der Waals surface area contributed by atoms with Crippen LogP contribution < -0.4 is 0 Å². The molecule has 2 heterocycles. The number of amides is 4. The van der Waals surface area contributed by atoms with Crippen molar-refractivity contribution >= 4 is 45.2 Å². The van der Waals surface area contributed by atoms with Crippen molar-refractivity contribution in [3.05, 3.63) is 95.1 Å². The van der Waals surface area contributed by atoms with Gasteiger partial charge in [-0.3, -0.25) is 33.9 Å². The molecule has 0 spiro atoms. The van der Waals surface area contributed by atoms with Gasteiger partial charge in [-0.05, 0) is 87.2 Å². The molecule has 8 heteroatoms. The largest absolute Gasteiger partial charge is 0.301 e. The molecule has 7 rings (SSSR count).